The molecule has 1 nitrogen and oxygen atoms in total. The second-order valence-electron chi connectivity index (χ2n) is 4.63. The second-order valence-corrected chi connectivity index (χ2v) is 4.63. The molecular formula is C16H14O. The predicted molar refractivity (Wildman–Crippen MR) is 68.2 cm³/mol. The number of carbonyl (C=O) groups excluding carboxylic acids is 1. The van der Waals surface area contributed by atoms with Crippen molar-refractivity contribution in [2.24, 2.45) is 5.92 Å². The van der Waals surface area contributed by atoms with Gasteiger partial charge in [-0.2, -0.15) is 0 Å². The fourth-order valence-corrected chi connectivity index (χ4v) is 2.79. The van der Waals surface area contributed by atoms with Gasteiger partial charge in [-0.1, -0.05) is 61.5 Å². The summed E-state index contributed by atoms with van der Waals surface area (Å²) >= 11 is 0. The molecule has 1 aliphatic rings. The van der Waals surface area contributed by atoms with Crippen molar-refractivity contribution in [1.29, 1.82) is 0 Å². The van der Waals surface area contributed by atoms with Gasteiger partial charge >= 0.3 is 0 Å². The Morgan fingerprint density at radius 3 is 2.29 bits per heavy atom. The van der Waals surface area contributed by atoms with Crippen molar-refractivity contribution in [2.75, 3.05) is 0 Å². The largest absolute Gasteiger partial charge is 0.294 e. The molecule has 0 saturated carbocycles. The van der Waals surface area contributed by atoms with E-state index in [1.807, 2.05) is 43.3 Å². The lowest BCUT2D eigenvalue weighted by Gasteiger charge is -2.15. The van der Waals surface area contributed by atoms with Gasteiger partial charge in [-0.25, -0.2) is 0 Å². The zero-order valence-corrected chi connectivity index (χ0v) is 9.76. The number of rotatable bonds is 1. The number of hydrogen-bond donors (Lipinski definition) is 0. The van der Waals surface area contributed by atoms with Crippen LogP contribution in [0, 0.1) is 5.92 Å². The quantitative estimate of drug-likeness (QED) is 0.719. The Balaban J connectivity index is 2.16. The van der Waals surface area contributed by atoms with E-state index >= 15 is 0 Å². The van der Waals surface area contributed by atoms with E-state index in [4.69, 9.17) is 0 Å². The smallest absolute Gasteiger partial charge is 0.166 e. The number of Topliss-reactive ketones (excluding diaryl/α,β-unsaturated/α-hetero) is 1. The van der Waals surface area contributed by atoms with Gasteiger partial charge in [0.05, 0.1) is 0 Å². The summed E-state index contributed by atoms with van der Waals surface area (Å²) in [4.78, 5) is 12.2. The third-order valence-electron chi connectivity index (χ3n) is 3.63. The minimum Gasteiger partial charge on any atom is -0.294 e. The van der Waals surface area contributed by atoms with Gasteiger partial charge in [0, 0.05) is 17.4 Å². The zero-order valence-electron chi connectivity index (χ0n) is 9.76. The standard InChI is InChI=1S/C16H14O/c1-11-15(12-7-3-2-4-8-12)13-9-5-6-10-14(13)16(11)17/h2-11,15H,1H3/t11-,15-/m1/s1. The van der Waals surface area contributed by atoms with Crippen LogP contribution in [0.1, 0.15) is 34.3 Å². The summed E-state index contributed by atoms with van der Waals surface area (Å²) in [7, 11) is 0. The summed E-state index contributed by atoms with van der Waals surface area (Å²) in [6, 6.07) is 18.3. The van der Waals surface area contributed by atoms with Gasteiger partial charge < -0.3 is 0 Å². The maximum absolute atomic E-state index is 12.2. The van der Waals surface area contributed by atoms with E-state index in [1.54, 1.807) is 0 Å². The Morgan fingerprint density at radius 1 is 0.882 bits per heavy atom. The second kappa shape index (κ2) is 3.85. The van der Waals surface area contributed by atoms with Crippen LogP contribution in [0.15, 0.2) is 54.6 Å². The first kappa shape index (κ1) is 10.3. The molecule has 2 aromatic carbocycles. The molecule has 0 N–H and O–H groups in total. The molecule has 1 aliphatic carbocycles. The van der Waals surface area contributed by atoms with Gasteiger partial charge in [-0.3, -0.25) is 4.79 Å². The van der Waals surface area contributed by atoms with Crippen molar-refractivity contribution in [2.45, 2.75) is 12.8 Å². The lowest BCUT2D eigenvalue weighted by atomic mass is 9.87. The molecule has 17 heavy (non-hydrogen) atoms. The molecule has 0 fully saturated rings. The van der Waals surface area contributed by atoms with Crippen molar-refractivity contribution < 1.29 is 4.79 Å². The lowest BCUT2D eigenvalue weighted by Crippen LogP contribution is -2.10. The molecule has 0 bridgehead atoms. The van der Waals surface area contributed by atoms with Gasteiger partial charge in [-0.05, 0) is 11.1 Å². The molecule has 0 aromatic heterocycles. The molecular weight excluding hydrogens is 208 g/mol. The van der Waals surface area contributed by atoms with Crippen LogP contribution < -0.4 is 0 Å². The molecule has 0 heterocycles. The highest BCUT2D eigenvalue weighted by atomic mass is 16.1. The highest BCUT2D eigenvalue weighted by Gasteiger charge is 2.36. The molecule has 0 radical (unpaired) electrons. The highest BCUT2D eigenvalue weighted by Crippen LogP contribution is 2.41. The summed E-state index contributed by atoms with van der Waals surface area (Å²) in [6.07, 6.45) is 0. The van der Waals surface area contributed by atoms with Gasteiger partial charge in [0.25, 0.3) is 0 Å². The molecule has 0 saturated heterocycles. The number of carbonyl (C=O) groups is 1. The van der Waals surface area contributed by atoms with Gasteiger partial charge in [0.1, 0.15) is 0 Å². The third kappa shape index (κ3) is 1.50. The van der Waals surface area contributed by atoms with E-state index in [-0.39, 0.29) is 17.6 Å². The normalized spacial score (nSPS) is 22.5. The zero-order chi connectivity index (χ0) is 11.8. The fraction of sp³-hybridized carbons (Fsp3) is 0.188. The Kier molecular flexibility index (Phi) is 2.32. The van der Waals surface area contributed by atoms with Gasteiger partial charge in [-0.15, -0.1) is 0 Å². The molecule has 1 heteroatoms. The van der Waals surface area contributed by atoms with Crippen molar-refractivity contribution in [3.05, 3.63) is 71.3 Å². The van der Waals surface area contributed by atoms with Crippen LogP contribution >= 0.6 is 0 Å². The first-order valence-electron chi connectivity index (χ1n) is 5.97. The fourth-order valence-electron chi connectivity index (χ4n) is 2.79. The third-order valence-corrected chi connectivity index (χ3v) is 3.63. The van der Waals surface area contributed by atoms with Crippen molar-refractivity contribution in [1.82, 2.24) is 0 Å². The minimum atomic E-state index is 0.0507. The topological polar surface area (TPSA) is 17.1 Å². The summed E-state index contributed by atoms with van der Waals surface area (Å²) in [5.74, 6) is 0.546. The number of hydrogen-bond acceptors (Lipinski definition) is 1. The Bertz CT molecular complexity index is 557. The van der Waals surface area contributed by atoms with Gasteiger partial charge in [0.15, 0.2) is 5.78 Å². The Hall–Kier alpha value is -1.89. The van der Waals surface area contributed by atoms with E-state index in [9.17, 15) is 4.79 Å². The first-order chi connectivity index (χ1) is 8.29. The van der Waals surface area contributed by atoms with Crippen LogP contribution in [0.2, 0.25) is 0 Å². The monoisotopic (exact) mass is 222 g/mol. The molecule has 0 aliphatic heterocycles. The predicted octanol–water partition coefficient (Wildman–Crippen LogP) is 3.65. The van der Waals surface area contributed by atoms with E-state index in [0.29, 0.717) is 0 Å². The number of benzene rings is 2. The molecule has 0 spiro atoms. The van der Waals surface area contributed by atoms with Crippen molar-refractivity contribution in [3.8, 4) is 0 Å². The maximum Gasteiger partial charge on any atom is 0.166 e. The molecule has 0 amide bonds. The van der Waals surface area contributed by atoms with Crippen molar-refractivity contribution >= 4 is 5.78 Å². The van der Waals surface area contributed by atoms with Crippen LogP contribution in [0.3, 0.4) is 0 Å². The van der Waals surface area contributed by atoms with E-state index < -0.39 is 0 Å². The van der Waals surface area contributed by atoms with E-state index in [0.717, 1.165) is 5.56 Å². The van der Waals surface area contributed by atoms with Crippen LogP contribution in [-0.2, 0) is 0 Å². The van der Waals surface area contributed by atoms with Crippen molar-refractivity contribution in [3.63, 3.8) is 0 Å². The molecule has 2 atom stereocenters. The highest BCUT2D eigenvalue weighted by molar-refractivity contribution is 6.03. The molecule has 3 rings (SSSR count). The Morgan fingerprint density at radius 2 is 1.53 bits per heavy atom. The summed E-state index contributed by atoms with van der Waals surface area (Å²) in [6.45, 7) is 2.03. The lowest BCUT2D eigenvalue weighted by molar-refractivity contribution is 0.0939. The summed E-state index contributed by atoms with van der Waals surface area (Å²) < 4.78 is 0. The SMILES string of the molecule is C[C@H]1C(=O)c2ccccc2[C@H]1c1ccccc1. The Labute approximate surface area is 101 Å². The average Bonchev–Trinajstić information content (AvgIpc) is 2.64. The van der Waals surface area contributed by atoms with Gasteiger partial charge in [0.2, 0.25) is 0 Å². The van der Waals surface area contributed by atoms with Crippen LogP contribution in [0.5, 0.6) is 0 Å². The minimum absolute atomic E-state index is 0.0507. The average molecular weight is 222 g/mol. The van der Waals surface area contributed by atoms with Crippen LogP contribution in [0.25, 0.3) is 0 Å². The van der Waals surface area contributed by atoms with Crippen LogP contribution in [-0.4, -0.2) is 5.78 Å². The van der Waals surface area contributed by atoms with E-state index in [1.165, 1.54) is 11.1 Å². The molecule has 0 unspecified atom stereocenters. The first-order valence-corrected chi connectivity index (χ1v) is 5.97. The summed E-state index contributed by atoms with van der Waals surface area (Å²) in [5.41, 5.74) is 3.31. The molecule has 2 aromatic rings. The number of ketones is 1. The summed E-state index contributed by atoms with van der Waals surface area (Å²) in [5, 5.41) is 0. The maximum atomic E-state index is 12.2. The van der Waals surface area contributed by atoms with Crippen LogP contribution in [0.4, 0.5) is 0 Å². The molecule has 84 valence electrons. The van der Waals surface area contributed by atoms with E-state index in [2.05, 4.69) is 18.2 Å². The number of fused-ring (bicyclic) bond motifs is 1.